The molecule has 0 spiro atoms. The third-order valence-corrected chi connectivity index (χ3v) is 3.25. The van der Waals surface area contributed by atoms with Gasteiger partial charge in [0, 0.05) is 17.1 Å². The summed E-state index contributed by atoms with van der Waals surface area (Å²) in [6.45, 7) is 0. The lowest BCUT2D eigenvalue weighted by atomic mass is 10.2. The van der Waals surface area contributed by atoms with Gasteiger partial charge in [-0.05, 0) is 36.6 Å². The minimum atomic E-state index is -0.00755. The number of rotatable bonds is 3. The van der Waals surface area contributed by atoms with Crippen LogP contribution in [0, 0.1) is 0 Å². The van der Waals surface area contributed by atoms with Gasteiger partial charge in [0.25, 0.3) is 0 Å². The second-order valence-electron chi connectivity index (χ2n) is 4.37. The molecule has 0 heterocycles. The quantitative estimate of drug-likeness (QED) is 0.818. The van der Waals surface area contributed by atoms with E-state index < -0.39 is 0 Å². The molecule has 0 saturated heterocycles. The Labute approximate surface area is 107 Å². The molecular formula is C14H16ClNO. The first-order valence-corrected chi connectivity index (χ1v) is 6.36. The molecule has 0 aromatic heterocycles. The Balaban J connectivity index is 1.86. The summed E-state index contributed by atoms with van der Waals surface area (Å²) >= 11 is 5.78. The van der Waals surface area contributed by atoms with Gasteiger partial charge in [0.05, 0.1) is 0 Å². The summed E-state index contributed by atoms with van der Waals surface area (Å²) in [6.07, 6.45) is 8.07. The Hall–Kier alpha value is -1.28. The molecule has 1 N–H and O–H groups in total. The molecule has 1 aliphatic carbocycles. The van der Waals surface area contributed by atoms with Crippen LogP contribution < -0.4 is 5.32 Å². The third-order valence-electron chi connectivity index (χ3n) is 3.00. The fourth-order valence-corrected chi connectivity index (χ4v) is 2.19. The van der Waals surface area contributed by atoms with Gasteiger partial charge in [0.15, 0.2) is 0 Å². The maximum absolute atomic E-state index is 11.6. The first kappa shape index (κ1) is 12.2. The van der Waals surface area contributed by atoms with Crippen molar-refractivity contribution >= 4 is 23.6 Å². The van der Waals surface area contributed by atoms with Crippen LogP contribution in [-0.4, -0.2) is 11.9 Å². The second-order valence-corrected chi connectivity index (χ2v) is 4.81. The van der Waals surface area contributed by atoms with Gasteiger partial charge in [-0.3, -0.25) is 4.79 Å². The van der Waals surface area contributed by atoms with Crippen molar-refractivity contribution in [2.75, 3.05) is 0 Å². The first-order chi connectivity index (χ1) is 8.24. The van der Waals surface area contributed by atoms with Crippen molar-refractivity contribution in [3.63, 3.8) is 0 Å². The maximum Gasteiger partial charge on any atom is 0.244 e. The third kappa shape index (κ3) is 3.90. The molecule has 1 aromatic carbocycles. The van der Waals surface area contributed by atoms with E-state index in [9.17, 15) is 4.79 Å². The van der Waals surface area contributed by atoms with Gasteiger partial charge in [-0.15, -0.1) is 0 Å². The zero-order valence-corrected chi connectivity index (χ0v) is 10.4. The first-order valence-electron chi connectivity index (χ1n) is 5.98. The Kier molecular flexibility index (Phi) is 4.21. The summed E-state index contributed by atoms with van der Waals surface area (Å²) in [6, 6.07) is 7.78. The fraction of sp³-hybridized carbons (Fsp3) is 0.357. The van der Waals surface area contributed by atoms with Gasteiger partial charge in [0.2, 0.25) is 5.91 Å². The van der Waals surface area contributed by atoms with Crippen molar-refractivity contribution in [2.24, 2.45) is 0 Å². The lowest BCUT2D eigenvalue weighted by Gasteiger charge is -2.08. The highest BCUT2D eigenvalue weighted by molar-refractivity contribution is 6.30. The topological polar surface area (TPSA) is 29.1 Å². The average molecular weight is 250 g/mol. The number of nitrogens with one attached hydrogen (secondary N) is 1. The molecule has 3 heteroatoms. The van der Waals surface area contributed by atoms with Crippen LogP contribution >= 0.6 is 11.6 Å². The molecule has 1 amide bonds. The minimum Gasteiger partial charge on any atom is -0.350 e. The SMILES string of the molecule is O=C(/C=C/c1ccc(Cl)cc1)NC1CCCC1. The summed E-state index contributed by atoms with van der Waals surface area (Å²) < 4.78 is 0. The highest BCUT2D eigenvalue weighted by Gasteiger charge is 2.15. The molecule has 1 fully saturated rings. The zero-order chi connectivity index (χ0) is 12.1. The van der Waals surface area contributed by atoms with Crippen LogP contribution in [-0.2, 0) is 4.79 Å². The second kappa shape index (κ2) is 5.87. The molecule has 17 heavy (non-hydrogen) atoms. The minimum absolute atomic E-state index is 0.00755. The van der Waals surface area contributed by atoms with Gasteiger partial charge in [-0.25, -0.2) is 0 Å². The largest absolute Gasteiger partial charge is 0.350 e. The molecule has 2 nitrogen and oxygen atoms in total. The number of hydrogen-bond acceptors (Lipinski definition) is 1. The molecule has 0 radical (unpaired) electrons. The summed E-state index contributed by atoms with van der Waals surface area (Å²) in [4.78, 5) is 11.6. The van der Waals surface area contributed by atoms with Crippen LogP contribution in [0.25, 0.3) is 6.08 Å². The van der Waals surface area contributed by atoms with Crippen molar-refractivity contribution in [3.05, 3.63) is 40.9 Å². The number of halogens is 1. The number of carbonyl (C=O) groups excluding carboxylic acids is 1. The summed E-state index contributed by atoms with van der Waals surface area (Å²) in [7, 11) is 0. The summed E-state index contributed by atoms with van der Waals surface area (Å²) in [5.74, 6) is -0.00755. The van der Waals surface area contributed by atoms with Crippen molar-refractivity contribution in [2.45, 2.75) is 31.7 Å². The van der Waals surface area contributed by atoms with E-state index in [1.807, 2.05) is 24.3 Å². The van der Waals surface area contributed by atoms with E-state index in [0.29, 0.717) is 11.1 Å². The molecule has 0 atom stereocenters. The highest BCUT2D eigenvalue weighted by Crippen LogP contribution is 2.17. The highest BCUT2D eigenvalue weighted by atomic mass is 35.5. The standard InChI is InChI=1S/C14H16ClNO/c15-12-8-5-11(6-9-12)7-10-14(17)16-13-3-1-2-4-13/h5-10,13H,1-4H2,(H,16,17)/b10-7+. The molecule has 0 bridgehead atoms. The Bertz CT molecular complexity index is 405. The molecule has 1 saturated carbocycles. The summed E-state index contributed by atoms with van der Waals surface area (Å²) in [5.41, 5.74) is 0.982. The van der Waals surface area contributed by atoms with Gasteiger partial charge >= 0.3 is 0 Å². The monoisotopic (exact) mass is 249 g/mol. The molecule has 0 unspecified atom stereocenters. The van der Waals surface area contributed by atoms with Crippen molar-refractivity contribution in [3.8, 4) is 0 Å². The van der Waals surface area contributed by atoms with Crippen molar-refractivity contribution < 1.29 is 4.79 Å². The van der Waals surface area contributed by atoms with Crippen LogP contribution in [0.3, 0.4) is 0 Å². The van der Waals surface area contributed by atoms with Crippen LogP contribution in [0.4, 0.5) is 0 Å². The van der Waals surface area contributed by atoms with Crippen LogP contribution in [0.5, 0.6) is 0 Å². The smallest absolute Gasteiger partial charge is 0.244 e. The molecular weight excluding hydrogens is 234 g/mol. The normalized spacial score (nSPS) is 16.5. The molecule has 1 aliphatic rings. The number of carbonyl (C=O) groups is 1. The Morgan fingerprint density at radius 2 is 1.88 bits per heavy atom. The van der Waals surface area contributed by atoms with Gasteiger partial charge < -0.3 is 5.32 Å². The van der Waals surface area contributed by atoms with Gasteiger partial charge in [-0.1, -0.05) is 36.6 Å². The number of hydrogen-bond donors (Lipinski definition) is 1. The molecule has 1 aromatic rings. The van der Waals surface area contributed by atoms with Crippen molar-refractivity contribution in [1.82, 2.24) is 5.32 Å². The molecule has 90 valence electrons. The lowest BCUT2D eigenvalue weighted by Crippen LogP contribution is -2.30. The van der Waals surface area contributed by atoms with E-state index in [4.69, 9.17) is 11.6 Å². The van der Waals surface area contributed by atoms with Crippen LogP contribution in [0.2, 0.25) is 5.02 Å². The molecule has 2 rings (SSSR count). The molecule has 0 aliphatic heterocycles. The van der Waals surface area contributed by atoms with Crippen LogP contribution in [0.15, 0.2) is 30.3 Å². The number of benzene rings is 1. The van der Waals surface area contributed by atoms with E-state index in [1.165, 1.54) is 12.8 Å². The number of amides is 1. The van der Waals surface area contributed by atoms with E-state index in [-0.39, 0.29) is 5.91 Å². The van der Waals surface area contributed by atoms with Gasteiger partial charge in [0.1, 0.15) is 0 Å². The van der Waals surface area contributed by atoms with E-state index in [2.05, 4.69) is 5.32 Å². The Morgan fingerprint density at radius 1 is 1.24 bits per heavy atom. The van der Waals surface area contributed by atoms with Crippen molar-refractivity contribution in [1.29, 1.82) is 0 Å². The van der Waals surface area contributed by atoms with E-state index in [0.717, 1.165) is 18.4 Å². The van der Waals surface area contributed by atoms with E-state index in [1.54, 1.807) is 12.2 Å². The lowest BCUT2D eigenvalue weighted by molar-refractivity contribution is -0.117. The van der Waals surface area contributed by atoms with Gasteiger partial charge in [-0.2, -0.15) is 0 Å². The zero-order valence-electron chi connectivity index (χ0n) is 9.66. The predicted molar refractivity (Wildman–Crippen MR) is 70.9 cm³/mol. The fourth-order valence-electron chi connectivity index (χ4n) is 2.07. The average Bonchev–Trinajstić information content (AvgIpc) is 2.81. The predicted octanol–water partition coefficient (Wildman–Crippen LogP) is 3.41. The maximum atomic E-state index is 11.6. The summed E-state index contributed by atoms with van der Waals surface area (Å²) in [5, 5.41) is 3.71. The Morgan fingerprint density at radius 3 is 2.53 bits per heavy atom. The van der Waals surface area contributed by atoms with E-state index >= 15 is 0 Å². The van der Waals surface area contributed by atoms with Crippen LogP contribution in [0.1, 0.15) is 31.2 Å².